The van der Waals surface area contributed by atoms with Gasteiger partial charge in [0.25, 0.3) is 0 Å². The molecular weight excluding hydrogens is 308 g/mol. The Kier molecular flexibility index (Phi) is 4.58. The van der Waals surface area contributed by atoms with Crippen molar-refractivity contribution in [3.05, 3.63) is 0 Å². The maximum Gasteiger partial charge on any atom is 0.302 e. The molecule has 2 fully saturated rings. The molecule has 4 nitrogen and oxygen atoms in total. The number of esters is 1. The molecular formula is C18H34O4Si. The molecule has 5 heteroatoms. The fourth-order valence-electron chi connectivity index (χ4n) is 3.64. The van der Waals surface area contributed by atoms with Gasteiger partial charge in [0, 0.05) is 19.3 Å². The molecule has 1 heterocycles. The van der Waals surface area contributed by atoms with Gasteiger partial charge in [-0.3, -0.25) is 4.79 Å². The van der Waals surface area contributed by atoms with E-state index in [9.17, 15) is 4.79 Å². The average molecular weight is 343 g/mol. The average Bonchev–Trinajstić information content (AvgIpc) is 2.97. The maximum atomic E-state index is 11.3. The largest absolute Gasteiger partial charge is 0.465 e. The van der Waals surface area contributed by atoms with E-state index < -0.39 is 8.32 Å². The molecule has 0 spiro atoms. The van der Waals surface area contributed by atoms with Gasteiger partial charge in [-0.15, -0.1) is 0 Å². The zero-order chi connectivity index (χ0) is 17.8. The highest BCUT2D eigenvalue weighted by atomic mass is 28.4. The third kappa shape index (κ3) is 3.38. The summed E-state index contributed by atoms with van der Waals surface area (Å²) in [6.07, 6.45) is 1.31. The molecule has 0 N–H and O–H groups in total. The molecule has 0 aromatic carbocycles. The molecule has 134 valence electrons. The van der Waals surface area contributed by atoms with Crippen molar-refractivity contribution in [1.29, 1.82) is 0 Å². The number of hydrogen-bond acceptors (Lipinski definition) is 4. The zero-order valence-electron chi connectivity index (χ0n) is 16.3. The van der Waals surface area contributed by atoms with Crippen molar-refractivity contribution in [2.24, 2.45) is 11.3 Å². The zero-order valence-corrected chi connectivity index (χ0v) is 17.3. The molecule has 1 saturated carbocycles. The number of rotatable bonds is 4. The normalized spacial score (nSPS) is 36.3. The predicted octanol–water partition coefficient (Wildman–Crippen LogP) is 4.14. The SMILES string of the molecule is CC(=O)OC[C@@H]1C(C)(C)[C@H](O[Si](C)(C)C(C)(C)C)C[C@@H]2O[C@@]21C. The lowest BCUT2D eigenvalue weighted by Gasteiger charge is -2.50. The first kappa shape index (κ1) is 18.9. The first-order valence-corrected chi connectivity index (χ1v) is 11.6. The summed E-state index contributed by atoms with van der Waals surface area (Å²) in [5, 5.41) is 0.180. The minimum absolute atomic E-state index is 0.0906. The molecule has 23 heavy (non-hydrogen) atoms. The van der Waals surface area contributed by atoms with Gasteiger partial charge in [0.05, 0.1) is 24.4 Å². The number of carbonyl (C=O) groups excluding carboxylic acids is 1. The molecule has 2 aliphatic rings. The summed E-state index contributed by atoms with van der Waals surface area (Å²) < 4.78 is 18.1. The summed E-state index contributed by atoms with van der Waals surface area (Å²) in [6, 6.07) is 0. The van der Waals surface area contributed by atoms with Gasteiger partial charge in [0.15, 0.2) is 8.32 Å². The predicted molar refractivity (Wildman–Crippen MR) is 93.9 cm³/mol. The van der Waals surface area contributed by atoms with E-state index in [4.69, 9.17) is 13.9 Å². The van der Waals surface area contributed by atoms with E-state index in [2.05, 4.69) is 54.6 Å². The molecule has 0 unspecified atom stereocenters. The van der Waals surface area contributed by atoms with Gasteiger partial charge in [-0.05, 0) is 30.5 Å². The number of carbonyl (C=O) groups is 1. The first-order valence-electron chi connectivity index (χ1n) is 8.71. The van der Waals surface area contributed by atoms with Crippen LogP contribution in [0.2, 0.25) is 18.1 Å². The second kappa shape index (κ2) is 5.56. The second-order valence-corrected chi connectivity index (χ2v) is 14.3. The molecule has 0 radical (unpaired) electrons. The van der Waals surface area contributed by atoms with Gasteiger partial charge in [-0.1, -0.05) is 34.6 Å². The van der Waals surface area contributed by atoms with E-state index >= 15 is 0 Å². The van der Waals surface area contributed by atoms with Crippen molar-refractivity contribution in [3.8, 4) is 0 Å². The molecule has 1 aliphatic carbocycles. The fourth-order valence-corrected chi connectivity index (χ4v) is 5.10. The van der Waals surface area contributed by atoms with Crippen molar-refractivity contribution in [3.63, 3.8) is 0 Å². The first-order chi connectivity index (χ1) is 10.2. The van der Waals surface area contributed by atoms with Crippen LogP contribution in [0.4, 0.5) is 0 Å². The summed E-state index contributed by atoms with van der Waals surface area (Å²) >= 11 is 0. The highest BCUT2D eigenvalue weighted by Gasteiger charge is 2.68. The second-order valence-electron chi connectivity index (χ2n) is 9.57. The van der Waals surface area contributed by atoms with Crippen LogP contribution in [0.5, 0.6) is 0 Å². The van der Waals surface area contributed by atoms with Crippen LogP contribution in [0, 0.1) is 11.3 Å². The van der Waals surface area contributed by atoms with Gasteiger partial charge in [-0.25, -0.2) is 0 Å². The van der Waals surface area contributed by atoms with Crippen molar-refractivity contribution < 1.29 is 18.7 Å². The van der Waals surface area contributed by atoms with Crippen LogP contribution >= 0.6 is 0 Å². The lowest BCUT2D eigenvalue weighted by atomic mass is 9.62. The lowest BCUT2D eigenvalue weighted by Crippen LogP contribution is -2.56. The minimum Gasteiger partial charge on any atom is -0.465 e. The summed E-state index contributed by atoms with van der Waals surface area (Å²) in [4.78, 5) is 11.3. The van der Waals surface area contributed by atoms with Crippen molar-refractivity contribution in [2.75, 3.05) is 6.61 Å². The summed E-state index contributed by atoms with van der Waals surface area (Å²) in [7, 11) is -1.85. The van der Waals surface area contributed by atoms with E-state index in [0.29, 0.717) is 6.61 Å². The van der Waals surface area contributed by atoms with Gasteiger partial charge in [0.1, 0.15) is 0 Å². The Hall–Kier alpha value is -0.393. The third-order valence-electron chi connectivity index (χ3n) is 6.52. The number of epoxide rings is 1. The highest BCUT2D eigenvalue weighted by molar-refractivity contribution is 6.74. The molecule has 4 atom stereocenters. The quantitative estimate of drug-likeness (QED) is 0.437. The Balaban J connectivity index is 2.21. The number of ether oxygens (including phenoxy) is 2. The van der Waals surface area contributed by atoms with Crippen LogP contribution < -0.4 is 0 Å². The monoisotopic (exact) mass is 342 g/mol. The minimum atomic E-state index is -1.85. The smallest absolute Gasteiger partial charge is 0.302 e. The van der Waals surface area contributed by atoms with E-state index in [0.717, 1.165) is 6.42 Å². The Morgan fingerprint density at radius 1 is 1.26 bits per heavy atom. The van der Waals surface area contributed by atoms with Gasteiger partial charge in [-0.2, -0.15) is 0 Å². The van der Waals surface area contributed by atoms with Gasteiger partial charge < -0.3 is 13.9 Å². The van der Waals surface area contributed by atoms with Crippen LogP contribution in [-0.4, -0.2) is 38.7 Å². The third-order valence-corrected chi connectivity index (χ3v) is 11.0. The van der Waals surface area contributed by atoms with Gasteiger partial charge >= 0.3 is 5.97 Å². The molecule has 0 bridgehead atoms. The topological polar surface area (TPSA) is 48.1 Å². The Morgan fingerprint density at radius 2 is 1.83 bits per heavy atom. The van der Waals surface area contributed by atoms with Crippen molar-refractivity contribution >= 4 is 14.3 Å². The number of hydrogen-bond donors (Lipinski definition) is 0. The van der Waals surface area contributed by atoms with Crippen LogP contribution in [0.25, 0.3) is 0 Å². The molecule has 1 aliphatic heterocycles. The molecule has 0 amide bonds. The maximum absolute atomic E-state index is 11.3. The van der Waals surface area contributed by atoms with Crippen LogP contribution in [0.3, 0.4) is 0 Å². The lowest BCUT2D eigenvalue weighted by molar-refractivity contribution is -0.147. The van der Waals surface area contributed by atoms with E-state index in [1.54, 1.807) is 0 Å². The summed E-state index contributed by atoms with van der Waals surface area (Å²) in [5.41, 5.74) is -0.265. The standard InChI is InChI=1S/C18H34O4Si/c1-12(19)20-11-13-17(5,6)14(10-15-18(13,7)21-15)22-23(8,9)16(2,3)4/h13-15H,10-11H2,1-9H3/t13-,14-,15+,18-/m1/s1. The van der Waals surface area contributed by atoms with Crippen LogP contribution in [-0.2, 0) is 18.7 Å². The summed E-state index contributed by atoms with van der Waals surface area (Å²) in [5.74, 6) is -0.0681. The van der Waals surface area contributed by atoms with E-state index in [1.165, 1.54) is 6.92 Å². The Bertz CT molecular complexity index is 480. The molecule has 0 aromatic rings. The molecule has 2 rings (SSSR count). The van der Waals surface area contributed by atoms with Crippen molar-refractivity contribution in [1.82, 2.24) is 0 Å². The summed E-state index contributed by atoms with van der Waals surface area (Å²) in [6.45, 7) is 19.9. The Morgan fingerprint density at radius 3 is 2.30 bits per heavy atom. The Labute approximate surface area is 142 Å². The fraction of sp³-hybridized carbons (Fsp3) is 0.944. The van der Waals surface area contributed by atoms with Crippen molar-refractivity contribution in [2.45, 2.75) is 90.8 Å². The van der Waals surface area contributed by atoms with E-state index in [1.807, 2.05) is 0 Å². The van der Waals surface area contributed by atoms with Gasteiger partial charge in [0.2, 0.25) is 0 Å². The molecule has 0 aromatic heterocycles. The number of fused-ring (bicyclic) bond motifs is 1. The van der Waals surface area contributed by atoms with E-state index in [-0.39, 0.29) is 40.1 Å². The highest BCUT2D eigenvalue weighted by Crippen LogP contribution is 2.59. The molecule has 1 saturated heterocycles. The van der Waals surface area contributed by atoms with Crippen LogP contribution in [0.1, 0.15) is 54.9 Å². The van der Waals surface area contributed by atoms with Crippen LogP contribution in [0.15, 0.2) is 0 Å².